The molecule has 19 heavy (non-hydrogen) atoms. The Morgan fingerprint density at radius 1 is 1.37 bits per heavy atom. The molecule has 1 N–H and O–H groups in total. The molecule has 1 amide bonds. The second-order valence-electron chi connectivity index (χ2n) is 4.98. The van der Waals surface area contributed by atoms with Crippen LogP contribution in [-0.4, -0.2) is 31.4 Å². The number of hydrogen-bond acceptors (Lipinski definition) is 3. The van der Waals surface area contributed by atoms with Gasteiger partial charge in [0.25, 0.3) is 5.91 Å². The molecule has 0 saturated carbocycles. The maximum atomic E-state index is 12.2. The van der Waals surface area contributed by atoms with E-state index in [1.807, 2.05) is 0 Å². The molecule has 4 nitrogen and oxygen atoms in total. The number of sulfone groups is 1. The summed E-state index contributed by atoms with van der Waals surface area (Å²) in [6, 6.07) is 5.24. The minimum atomic E-state index is -3.03. The average molecular weight is 411 g/mol. The molecule has 0 aliphatic carbocycles. The zero-order chi connectivity index (χ0) is 14.3. The van der Waals surface area contributed by atoms with Crippen molar-refractivity contribution >= 4 is 47.6 Å². The van der Waals surface area contributed by atoms with Crippen LogP contribution in [0, 0.1) is 0 Å². The summed E-state index contributed by atoms with van der Waals surface area (Å²) in [7, 11) is -3.03. The monoisotopic (exact) mass is 409 g/mol. The highest BCUT2D eigenvalue weighted by molar-refractivity contribution is 9.11. The number of halogens is 2. The van der Waals surface area contributed by atoms with Crippen LogP contribution >= 0.6 is 31.9 Å². The Kier molecular flexibility index (Phi) is 4.09. The van der Waals surface area contributed by atoms with Crippen LogP contribution in [0.2, 0.25) is 0 Å². The van der Waals surface area contributed by atoms with Crippen molar-refractivity contribution in [1.82, 2.24) is 5.32 Å². The lowest BCUT2D eigenvalue weighted by Gasteiger charge is -2.24. The van der Waals surface area contributed by atoms with Gasteiger partial charge in [-0.3, -0.25) is 4.79 Å². The Bertz CT molecular complexity index is 630. The van der Waals surface area contributed by atoms with Gasteiger partial charge in [0.2, 0.25) is 0 Å². The zero-order valence-electron chi connectivity index (χ0n) is 10.2. The number of carbonyl (C=O) groups excluding carboxylic acids is 1. The molecule has 1 aliphatic heterocycles. The summed E-state index contributed by atoms with van der Waals surface area (Å²) in [4.78, 5) is 12.2. The molecular weight excluding hydrogens is 398 g/mol. The first-order valence-electron chi connectivity index (χ1n) is 5.69. The van der Waals surface area contributed by atoms with E-state index in [4.69, 9.17) is 0 Å². The van der Waals surface area contributed by atoms with E-state index in [0.29, 0.717) is 16.5 Å². The van der Waals surface area contributed by atoms with Crippen LogP contribution in [-0.2, 0) is 9.84 Å². The molecule has 104 valence electrons. The summed E-state index contributed by atoms with van der Waals surface area (Å²) >= 11 is 6.65. The first-order valence-corrected chi connectivity index (χ1v) is 9.10. The number of nitrogens with one attached hydrogen (secondary N) is 1. The van der Waals surface area contributed by atoms with Crippen molar-refractivity contribution in [1.29, 1.82) is 0 Å². The SMILES string of the molecule is CC1(NC(=O)c2ccc(Br)cc2Br)CCS(=O)(=O)C1. The summed E-state index contributed by atoms with van der Waals surface area (Å²) in [6.07, 6.45) is 0.454. The smallest absolute Gasteiger partial charge is 0.252 e. The van der Waals surface area contributed by atoms with Gasteiger partial charge in [-0.15, -0.1) is 0 Å². The third kappa shape index (κ3) is 3.58. The summed E-state index contributed by atoms with van der Waals surface area (Å²) in [5, 5.41) is 2.82. The van der Waals surface area contributed by atoms with Crippen LogP contribution in [0.5, 0.6) is 0 Å². The summed E-state index contributed by atoms with van der Waals surface area (Å²) < 4.78 is 24.6. The lowest BCUT2D eigenvalue weighted by molar-refractivity contribution is 0.0914. The van der Waals surface area contributed by atoms with Gasteiger partial charge in [0.1, 0.15) is 0 Å². The van der Waals surface area contributed by atoms with Crippen LogP contribution in [0.1, 0.15) is 23.7 Å². The minimum absolute atomic E-state index is 0.000112. The van der Waals surface area contributed by atoms with Crippen LogP contribution in [0.4, 0.5) is 0 Å². The summed E-state index contributed by atoms with van der Waals surface area (Å²) in [5.74, 6) is -0.135. The fraction of sp³-hybridized carbons (Fsp3) is 0.417. The van der Waals surface area contributed by atoms with E-state index in [1.165, 1.54) is 0 Å². The predicted molar refractivity (Wildman–Crippen MR) is 81.0 cm³/mol. The van der Waals surface area contributed by atoms with Crippen molar-refractivity contribution in [2.75, 3.05) is 11.5 Å². The van der Waals surface area contributed by atoms with Crippen molar-refractivity contribution in [2.24, 2.45) is 0 Å². The van der Waals surface area contributed by atoms with Crippen molar-refractivity contribution in [2.45, 2.75) is 18.9 Å². The van der Waals surface area contributed by atoms with E-state index in [2.05, 4.69) is 37.2 Å². The third-order valence-corrected chi connectivity index (χ3v) is 6.15. The maximum absolute atomic E-state index is 12.2. The Hall–Kier alpha value is -0.400. The van der Waals surface area contributed by atoms with E-state index >= 15 is 0 Å². The summed E-state index contributed by atoms with van der Waals surface area (Å²) in [6.45, 7) is 1.77. The molecule has 1 aliphatic rings. The Morgan fingerprint density at radius 2 is 2.05 bits per heavy atom. The second kappa shape index (κ2) is 5.18. The molecule has 7 heteroatoms. The molecular formula is C12H13Br2NO3S. The first kappa shape index (κ1) is 15.0. The van der Waals surface area contributed by atoms with E-state index in [1.54, 1.807) is 25.1 Å². The van der Waals surface area contributed by atoms with Gasteiger partial charge in [0.15, 0.2) is 9.84 Å². The summed E-state index contributed by atoms with van der Waals surface area (Å²) in [5.41, 5.74) is -0.184. The van der Waals surface area contributed by atoms with Crippen LogP contribution in [0.25, 0.3) is 0 Å². The van der Waals surface area contributed by atoms with Crippen molar-refractivity contribution in [3.05, 3.63) is 32.7 Å². The van der Waals surface area contributed by atoms with Gasteiger partial charge in [0.05, 0.1) is 22.6 Å². The van der Waals surface area contributed by atoms with E-state index in [-0.39, 0.29) is 17.4 Å². The molecule has 1 aromatic carbocycles. The standard InChI is InChI=1S/C12H13Br2NO3S/c1-12(4-5-19(17,18)7-12)15-11(16)9-3-2-8(13)6-10(9)14/h2-3,6H,4-5,7H2,1H3,(H,15,16). The Labute approximate surface area is 129 Å². The average Bonchev–Trinajstić information content (AvgIpc) is 2.52. The molecule has 1 heterocycles. The van der Waals surface area contributed by atoms with Crippen molar-refractivity contribution < 1.29 is 13.2 Å². The van der Waals surface area contributed by atoms with Gasteiger partial charge in [-0.05, 0) is 47.5 Å². The van der Waals surface area contributed by atoms with E-state index in [0.717, 1.165) is 4.47 Å². The Morgan fingerprint density at radius 3 is 2.58 bits per heavy atom. The van der Waals surface area contributed by atoms with Crippen LogP contribution in [0.15, 0.2) is 27.1 Å². The third-order valence-electron chi connectivity index (χ3n) is 3.09. The fourth-order valence-electron chi connectivity index (χ4n) is 2.12. The fourth-order valence-corrected chi connectivity index (χ4v) is 5.44. The van der Waals surface area contributed by atoms with Gasteiger partial charge >= 0.3 is 0 Å². The molecule has 1 aromatic rings. The normalized spacial score (nSPS) is 25.2. The number of hydrogen-bond donors (Lipinski definition) is 1. The van der Waals surface area contributed by atoms with Crippen LogP contribution < -0.4 is 5.32 Å². The number of rotatable bonds is 2. The predicted octanol–water partition coefficient (Wildman–Crippen LogP) is 2.52. The molecule has 0 bridgehead atoms. The highest BCUT2D eigenvalue weighted by Gasteiger charge is 2.39. The van der Waals surface area contributed by atoms with Gasteiger partial charge in [-0.2, -0.15) is 0 Å². The second-order valence-corrected chi connectivity index (χ2v) is 8.94. The van der Waals surface area contributed by atoms with Gasteiger partial charge in [0, 0.05) is 8.95 Å². The number of amides is 1. The lowest BCUT2D eigenvalue weighted by atomic mass is 10.0. The zero-order valence-corrected chi connectivity index (χ0v) is 14.2. The van der Waals surface area contributed by atoms with E-state index < -0.39 is 15.4 Å². The molecule has 1 fully saturated rings. The van der Waals surface area contributed by atoms with Crippen molar-refractivity contribution in [3.63, 3.8) is 0 Å². The van der Waals surface area contributed by atoms with Gasteiger partial charge in [-0.25, -0.2) is 8.42 Å². The van der Waals surface area contributed by atoms with Crippen LogP contribution in [0.3, 0.4) is 0 Å². The molecule has 0 radical (unpaired) electrons. The minimum Gasteiger partial charge on any atom is -0.346 e. The molecule has 1 atom stereocenters. The Balaban J connectivity index is 2.18. The van der Waals surface area contributed by atoms with Gasteiger partial charge < -0.3 is 5.32 Å². The topological polar surface area (TPSA) is 63.2 Å². The molecule has 0 spiro atoms. The van der Waals surface area contributed by atoms with Gasteiger partial charge in [-0.1, -0.05) is 15.9 Å². The molecule has 1 saturated heterocycles. The lowest BCUT2D eigenvalue weighted by Crippen LogP contribution is -2.47. The molecule has 0 aromatic heterocycles. The number of benzene rings is 1. The number of carbonyl (C=O) groups is 1. The maximum Gasteiger partial charge on any atom is 0.252 e. The van der Waals surface area contributed by atoms with Crippen molar-refractivity contribution in [3.8, 4) is 0 Å². The molecule has 2 rings (SSSR count). The van der Waals surface area contributed by atoms with E-state index in [9.17, 15) is 13.2 Å². The molecule has 1 unspecified atom stereocenters. The quantitative estimate of drug-likeness (QED) is 0.814. The highest BCUT2D eigenvalue weighted by atomic mass is 79.9. The highest BCUT2D eigenvalue weighted by Crippen LogP contribution is 2.26. The first-order chi connectivity index (χ1) is 8.71. The largest absolute Gasteiger partial charge is 0.346 e.